The van der Waals surface area contributed by atoms with Gasteiger partial charge in [0.05, 0.1) is 0 Å². The van der Waals surface area contributed by atoms with E-state index in [2.05, 4.69) is 113 Å². The molecule has 0 heterocycles. The van der Waals surface area contributed by atoms with Crippen molar-refractivity contribution in [2.75, 3.05) is 20.6 Å². The molecule has 3 rings (SSSR count). The van der Waals surface area contributed by atoms with Crippen LogP contribution in [0.2, 0.25) is 0 Å². The van der Waals surface area contributed by atoms with Gasteiger partial charge in [-0.3, -0.25) is 0 Å². The van der Waals surface area contributed by atoms with Crippen LogP contribution in [0.15, 0.2) is 36.4 Å². The van der Waals surface area contributed by atoms with Crippen LogP contribution in [0.5, 0.6) is 0 Å². The first-order chi connectivity index (χ1) is 11.0. The topological polar surface area (TPSA) is 3.24 Å². The van der Waals surface area contributed by atoms with Crippen molar-refractivity contribution < 1.29 is 0 Å². The second-order valence-electron chi connectivity index (χ2n) is 6.38. The third-order valence-corrected chi connectivity index (χ3v) is 5.73. The van der Waals surface area contributed by atoms with E-state index in [-0.39, 0.29) is 0 Å². The van der Waals surface area contributed by atoms with Crippen LogP contribution < -0.4 is 0 Å². The molecule has 0 radical (unpaired) electrons. The van der Waals surface area contributed by atoms with Crippen molar-refractivity contribution >= 4 is 57.3 Å². The van der Waals surface area contributed by atoms with E-state index >= 15 is 0 Å². The molecule has 120 valence electrons. The highest BCUT2D eigenvalue weighted by atomic mass is 127. The van der Waals surface area contributed by atoms with Crippen molar-refractivity contribution in [3.63, 3.8) is 0 Å². The van der Waals surface area contributed by atoms with Crippen LogP contribution in [0.25, 0.3) is 12.2 Å². The molecular formula is C20H21I2N. The molecule has 1 nitrogen and oxygen atoms in total. The van der Waals surface area contributed by atoms with Gasteiger partial charge in [-0.1, -0.05) is 24.3 Å². The fraction of sp³-hybridized carbons (Fsp3) is 0.300. The number of rotatable bonds is 4. The number of nitrogens with zero attached hydrogens (tertiary/aromatic N) is 1. The summed E-state index contributed by atoms with van der Waals surface area (Å²) in [6, 6.07) is 13.7. The number of hydrogen-bond acceptors (Lipinski definition) is 1. The molecule has 0 saturated heterocycles. The van der Waals surface area contributed by atoms with Gasteiger partial charge in [-0.15, -0.1) is 0 Å². The zero-order valence-electron chi connectivity index (χ0n) is 13.5. The molecule has 2 aromatic rings. The summed E-state index contributed by atoms with van der Waals surface area (Å²) in [4.78, 5) is 2.28. The molecule has 3 heteroatoms. The first-order valence-electron chi connectivity index (χ1n) is 7.96. The summed E-state index contributed by atoms with van der Waals surface area (Å²) in [5.74, 6) is 0.486. The van der Waals surface area contributed by atoms with Crippen molar-refractivity contribution in [1.82, 2.24) is 4.90 Å². The minimum Gasteiger partial charge on any atom is -0.309 e. The van der Waals surface area contributed by atoms with Gasteiger partial charge in [0.1, 0.15) is 0 Å². The summed E-state index contributed by atoms with van der Waals surface area (Å²) >= 11 is 4.86. The minimum absolute atomic E-state index is 0.486. The van der Waals surface area contributed by atoms with Gasteiger partial charge in [-0.05, 0) is 125 Å². The summed E-state index contributed by atoms with van der Waals surface area (Å²) in [7, 11) is 4.31. The Bertz CT molecular complexity index is 679. The van der Waals surface area contributed by atoms with Gasteiger partial charge in [0.25, 0.3) is 0 Å². The molecule has 0 atom stereocenters. The van der Waals surface area contributed by atoms with Crippen molar-refractivity contribution in [3.8, 4) is 0 Å². The molecule has 0 bridgehead atoms. The van der Waals surface area contributed by atoms with Gasteiger partial charge >= 0.3 is 0 Å². The average molecular weight is 529 g/mol. The van der Waals surface area contributed by atoms with Gasteiger partial charge in [0.15, 0.2) is 0 Å². The molecule has 0 unspecified atom stereocenters. The third kappa shape index (κ3) is 4.17. The Kier molecular flexibility index (Phi) is 5.80. The highest BCUT2D eigenvalue weighted by molar-refractivity contribution is 14.1. The third-order valence-electron chi connectivity index (χ3n) is 4.39. The van der Waals surface area contributed by atoms with Gasteiger partial charge in [0.2, 0.25) is 0 Å². The first kappa shape index (κ1) is 17.4. The van der Waals surface area contributed by atoms with Crippen LogP contribution in [-0.2, 0) is 0 Å². The summed E-state index contributed by atoms with van der Waals surface area (Å²) < 4.78 is 2.64. The quantitative estimate of drug-likeness (QED) is 0.450. The fourth-order valence-electron chi connectivity index (χ4n) is 3.27. The van der Waals surface area contributed by atoms with Crippen LogP contribution in [0.4, 0.5) is 0 Å². The zero-order valence-corrected chi connectivity index (χ0v) is 17.8. The van der Waals surface area contributed by atoms with E-state index in [1.54, 1.807) is 0 Å². The monoisotopic (exact) mass is 529 g/mol. The fourth-order valence-corrected chi connectivity index (χ4v) is 4.30. The van der Waals surface area contributed by atoms with Gasteiger partial charge in [-0.2, -0.15) is 0 Å². The number of fused-ring (bicyclic) bond motifs is 2. The van der Waals surface area contributed by atoms with Gasteiger partial charge in [0, 0.05) is 13.1 Å². The van der Waals surface area contributed by atoms with Gasteiger partial charge in [-0.25, -0.2) is 0 Å². The molecule has 1 aliphatic carbocycles. The van der Waals surface area contributed by atoms with E-state index in [0.29, 0.717) is 5.92 Å². The molecule has 0 amide bonds. The molecular weight excluding hydrogens is 508 g/mol. The normalized spacial score (nSPS) is 13.8. The SMILES string of the molecule is CN(C)CCCC1c2cc(I)ccc2C=Cc2ccc(I)cc21. The Labute approximate surface area is 166 Å². The van der Waals surface area contributed by atoms with E-state index in [9.17, 15) is 0 Å². The number of benzene rings is 2. The molecule has 0 N–H and O–H groups in total. The van der Waals surface area contributed by atoms with E-state index in [1.165, 1.54) is 42.2 Å². The standard InChI is InChI=1S/C20H21I2N/c1-23(2)11-3-4-18-19-12-16(21)9-7-14(19)5-6-15-8-10-17(22)13-20(15)18/h5-10,12-13,18H,3-4,11H2,1-2H3. The van der Waals surface area contributed by atoms with Crippen molar-refractivity contribution in [2.45, 2.75) is 18.8 Å². The smallest absolute Gasteiger partial charge is 0.0133 e. The predicted molar refractivity (Wildman–Crippen MR) is 117 cm³/mol. The molecule has 2 aromatic carbocycles. The maximum absolute atomic E-state index is 2.43. The Morgan fingerprint density at radius 2 is 1.39 bits per heavy atom. The highest BCUT2D eigenvalue weighted by Crippen LogP contribution is 2.38. The van der Waals surface area contributed by atoms with Gasteiger partial charge < -0.3 is 4.90 Å². The predicted octanol–water partition coefficient (Wildman–Crippen LogP) is 5.85. The Morgan fingerprint density at radius 1 is 0.870 bits per heavy atom. The summed E-state index contributed by atoms with van der Waals surface area (Å²) in [5.41, 5.74) is 5.69. The molecule has 0 fully saturated rings. The summed E-state index contributed by atoms with van der Waals surface area (Å²) in [5, 5.41) is 0. The van der Waals surface area contributed by atoms with E-state index in [1.807, 2.05) is 0 Å². The van der Waals surface area contributed by atoms with Crippen LogP contribution >= 0.6 is 45.2 Å². The lowest BCUT2D eigenvalue weighted by Gasteiger charge is -2.22. The van der Waals surface area contributed by atoms with Crippen molar-refractivity contribution in [1.29, 1.82) is 0 Å². The van der Waals surface area contributed by atoms with Crippen LogP contribution in [0.3, 0.4) is 0 Å². The number of hydrogen-bond donors (Lipinski definition) is 0. The second-order valence-corrected chi connectivity index (χ2v) is 8.87. The second kappa shape index (κ2) is 7.66. The molecule has 23 heavy (non-hydrogen) atoms. The Balaban J connectivity index is 2.05. The van der Waals surface area contributed by atoms with Crippen LogP contribution in [-0.4, -0.2) is 25.5 Å². The number of halogens is 2. The maximum Gasteiger partial charge on any atom is 0.0133 e. The molecule has 0 aliphatic heterocycles. The summed E-state index contributed by atoms with van der Waals surface area (Å²) in [6.45, 7) is 1.14. The van der Waals surface area contributed by atoms with Crippen molar-refractivity contribution in [3.05, 3.63) is 65.8 Å². The molecule has 0 saturated carbocycles. The molecule has 0 aromatic heterocycles. The highest BCUT2D eigenvalue weighted by Gasteiger charge is 2.22. The lowest BCUT2D eigenvalue weighted by Crippen LogP contribution is -2.14. The average Bonchev–Trinajstić information content (AvgIpc) is 2.64. The lowest BCUT2D eigenvalue weighted by molar-refractivity contribution is 0.389. The van der Waals surface area contributed by atoms with E-state index in [4.69, 9.17) is 0 Å². The van der Waals surface area contributed by atoms with E-state index in [0.717, 1.165) is 6.54 Å². The Morgan fingerprint density at radius 3 is 1.87 bits per heavy atom. The molecule has 0 spiro atoms. The van der Waals surface area contributed by atoms with Crippen LogP contribution in [0, 0.1) is 7.14 Å². The minimum atomic E-state index is 0.486. The lowest BCUT2D eigenvalue weighted by atomic mass is 9.84. The van der Waals surface area contributed by atoms with Crippen LogP contribution in [0.1, 0.15) is 41.0 Å². The summed E-state index contributed by atoms with van der Waals surface area (Å²) in [6.07, 6.45) is 6.97. The Hall–Kier alpha value is -0.400. The molecule has 1 aliphatic rings. The largest absolute Gasteiger partial charge is 0.309 e. The maximum atomic E-state index is 2.43. The van der Waals surface area contributed by atoms with E-state index < -0.39 is 0 Å². The zero-order chi connectivity index (χ0) is 16.4. The van der Waals surface area contributed by atoms with Crippen molar-refractivity contribution in [2.24, 2.45) is 0 Å². The first-order valence-corrected chi connectivity index (χ1v) is 10.1.